The van der Waals surface area contributed by atoms with Gasteiger partial charge >= 0.3 is 5.97 Å². The number of carbonyl (C=O) groups is 1. The van der Waals surface area contributed by atoms with Crippen LogP contribution in [0.1, 0.15) is 5.56 Å². The Morgan fingerprint density at radius 3 is 2.56 bits per heavy atom. The van der Waals surface area contributed by atoms with Gasteiger partial charge in [-0.1, -0.05) is 17.7 Å². The fourth-order valence-corrected chi connectivity index (χ4v) is 2.22. The van der Waals surface area contributed by atoms with Gasteiger partial charge in [0.15, 0.2) is 0 Å². The van der Waals surface area contributed by atoms with E-state index in [9.17, 15) is 4.79 Å². The zero-order valence-corrected chi connectivity index (χ0v) is 10.6. The van der Waals surface area contributed by atoms with Gasteiger partial charge in [0.25, 0.3) is 0 Å². The van der Waals surface area contributed by atoms with Gasteiger partial charge in [0, 0.05) is 10.6 Å². The summed E-state index contributed by atoms with van der Waals surface area (Å²) in [6, 6.07) is 7.99. The molecule has 0 spiro atoms. The first kappa shape index (κ1) is 13.1. The number of nitrogens with one attached hydrogen (secondary N) is 1. The molecule has 0 saturated heterocycles. The molecule has 0 heterocycles. The molecule has 4 heteroatoms. The molecule has 1 rings (SSSR count). The normalized spacial score (nSPS) is 12.2. The molecule has 1 atom stereocenters. The Morgan fingerprint density at radius 2 is 2.06 bits per heavy atom. The monoisotopic (exact) mass is 239 g/mol. The average molecular weight is 239 g/mol. The van der Waals surface area contributed by atoms with Gasteiger partial charge in [0.2, 0.25) is 0 Å². The molecule has 1 unspecified atom stereocenters. The number of esters is 1. The van der Waals surface area contributed by atoms with Crippen LogP contribution in [0.25, 0.3) is 0 Å². The van der Waals surface area contributed by atoms with Crippen molar-refractivity contribution in [2.75, 3.05) is 19.9 Å². The fraction of sp³-hybridized carbons (Fsp3) is 0.417. The second-order valence-electron chi connectivity index (χ2n) is 3.49. The van der Waals surface area contributed by atoms with Crippen LogP contribution in [0.5, 0.6) is 0 Å². The highest BCUT2D eigenvalue weighted by atomic mass is 32.2. The van der Waals surface area contributed by atoms with Crippen LogP contribution in [0.15, 0.2) is 29.2 Å². The topological polar surface area (TPSA) is 38.3 Å². The standard InChI is InChI=1S/C12H17NO2S/c1-9-4-6-10(7-5-9)16-8-11(13-2)12(14)15-3/h4-7,11,13H,8H2,1-3H3. The summed E-state index contributed by atoms with van der Waals surface area (Å²) in [6.45, 7) is 2.05. The molecule has 0 aliphatic heterocycles. The van der Waals surface area contributed by atoms with Crippen LogP contribution in [-0.2, 0) is 9.53 Å². The number of ether oxygens (including phenoxy) is 1. The molecular weight excluding hydrogens is 222 g/mol. The molecule has 0 radical (unpaired) electrons. The van der Waals surface area contributed by atoms with Crippen molar-refractivity contribution in [3.8, 4) is 0 Å². The van der Waals surface area contributed by atoms with Gasteiger partial charge in [-0.05, 0) is 26.1 Å². The molecule has 0 saturated carbocycles. The van der Waals surface area contributed by atoms with E-state index in [0.717, 1.165) is 4.90 Å². The van der Waals surface area contributed by atoms with Gasteiger partial charge in [0.1, 0.15) is 6.04 Å². The molecule has 1 N–H and O–H groups in total. The van der Waals surface area contributed by atoms with E-state index < -0.39 is 0 Å². The van der Waals surface area contributed by atoms with Gasteiger partial charge in [-0.3, -0.25) is 4.79 Å². The zero-order chi connectivity index (χ0) is 12.0. The molecule has 0 aliphatic rings. The first-order chi connectivity index (χ1) is 7.67. The minimum Gasteiger partial charge on any atom is -0.468 e. The van der Waals surface area contributed by atoms with Crippen molar-refractivity contribution < 1.29 is 9.53 Å². The third-order valence-electron chi connectivity index (χ3n) is 2.27. The van der Waals surface area contributed by atoms with Crippen molar-refractivity contribution >= 4 is 17.7 Å². The molecule has 88 valence electrons. The van der Waals surface area contributed by atoms with Crippen LogP contribution >= 0.6 is 11.8 Å². The van der Waals surface area contributed by atoms with Crippen molar-refractivity contribution in [3.63, 3.8) is 0 Å². The third-order valence-corrected chi connectivity index (χ3v) is 3.38. The molecule has 0 aliphatic carbocycles. The molecule has 0 amide bonds. The first-order valence-corrected chi connectivity index (χ1v) is 6.10. The predicted octanol–water partition coefficient (Wildman–Crippen LogP) is 1.85. The number of carbonyl (C=O) groups excluding carboxylic acids is 1. The Kier molecular flexibility index (Phi) is 5.35. The average Bonchev–Trinajstić information content (AvgIpc) is 2.31. The molecule has 1 aromatic carbocycles. The van der Waals surface area contributed by atoms with Crippen molar-refractivity contribution in [1.29, 1.82) is 0 Å². The number of thioether (sulfide) groups is 1. The highest BCUT2D eigenvalue weighted by molar-refractivity contribution is 7.99. The van der Waals surface area contributed by atoms with Crippen molar-refractivity contribution in [1.82, 2.24) is 5.32 Å². The quantitative estimate of drug-likeness (QED) is 0.628. The molecule has 0 bridgehead atoms. The van der Waals surface area contributed by atoms with E-state index in [1.165, 1.54) is 12.7 Å². The number of methoxy groups -OCH3 is 1. The molecule has 0 aromatic heterocycles. The van der Waals surface area contributed by atoms with E-state index in [4.69, 9.17) is 4.74 Å². The van der Waals surface area contributed by atoms with Crippen LogP contribution in [-0.4, -0.2) is 31.9 Å². The van der Waals surface area contributed by atoms with E-state index in [1.54, 1.807) is 18.8 Å². The van der Waals surface area contributed by atoms with Crippen LogP contribution in [0, 0.1) is 6.92 Å². The molecular formula is C12H17NO2S. The van der Waals surface area contributed by atoms with Crippen LogP contribution in [0.2, 0.25) is 0 Å². The summed E-state index contributed by atoms with van der Waals surface area (Å²) in [4.78, 5) is 12.5. The second kappa shape index (κ2) is 6.55. The van der Waals surface area contributed by atoms with Gasteiger partial charge < -0.3 is 10.1 Å². The lowest BCUT2D eigenvalue weighted by Gasteiger charge is -2.12. The number of rotatable bonds is 5. The Bertz CT molecular complexity index is 337. The Hall–Kier alpha value is -1.00. The van der Waals surface area contributed by atoms with E-state index in [0.29, 0.717) is 5.75 Å². The minimum atomic E-state index is -0.253. The van der Waals surface area contributed by atoms with E-state index >= 15 is 0 Å². The number of aryl methyl sites for hydroxylation is 1. The van der Waals surface area contributed by atoms with Crippen molar-refractivity contribution in [2.45, 2.75) is 17.9 Å². The lowest BCUT2D eigenvalue weighted by atomic mass is 10.2. The Labute approximate surface area is 101 Å². The summed E-state index contributed by atoms with van der Waals surface area (Å²) < 4.78 is 4.70. The van der Waals surface area contributed by atoms with Crippen LogP contribution in [0.3, 0.4) is 0 Å². The maximum Gasteiger partial charge on any atom is 0.323 e. The molecule has 3 nitrogen and oxygen atoms in total. The second-order valence-corrected chi connectivity index (χ2v) is 4.58. The summed E-state index contributed by atoms with van der Waals surface area (Å²) in [6.07, 6.45) is 0. The van der Waals surface area contributed by atoms with Gasteiger partial charge in [0.05, 0.1) is 7.11 Å². The lowest BCUT2D eigenvalue weighted by molar-refractivity contribution is -0.142. The van der Waals surface area contributed by atoms with Gasteiger partial charge in [-0.15, -0.1) is 11.8 Å². The first-order valence-electron chi connectivity index (χ1n) is 5.12. The van der Waals surface area contributed by atoms with Crippen molar-refractivity contribution in [2.24, 2.45) is 0 Å². The summed E-state index contributed by atoms with van der Waals surface area (Å²) in [5.41, 5.74) is 1.24. The SMILES string of the molecule is CNC(CSc1ccc(C)cc1)C(=O)OC. The number of hydrogen-bond acceptors (Lipinski definition) is 4. The molecule has 1 aromatic rings. The smallest absolute Gasteiger partial charge is 0.323 e. The number of benzene rings is 1. The van der Waals surface area contributed by atoms with E-state index in [-0.39, 0.29) is 12.0 Å². The number of likely N-dealkylation sites (N-methyl/N-ethyl adjacent to an activating group) is 1. The summed E-state index contributed by atoms with van der Waals surface area (Å²) in [5.74, 6) is 0.453. The van der Waals surface area contributed by atoms with Crippen LogP contribution < -0.4 is 5.32 Å². The largest absolute Gasteiger partial charge is 0.468 e. The Balaban J connectivity index is 2.49. The minimum absolute atomic E-state index is 0.220. The van der Waals surface area contributed by atoms with E-state index in [1.807, 2.05) is 0 Å². The van der Waals surface area contributed by atoms with Gasteiger partial charge in [-0.25, -0.2) is 0 Å². The lowest BCUT2D eigenvalue weighted by Crippen LogP contribution is -2.37. The zero-order valence-electron chi connectivity index (χ0n) is 9.82. The summed E-state index contributed by atoms with van der Waals surface area (Å²) in [7, 11) is 3.17. The fourth-order valence-electron chi connectivity index (χ4n) is 1.23. The highest BCUT2D eigenvalue weighted by Gasteiger charge is 2.16. The van der Waals surface area contributed by atoms with E-state index in [2.05, 4.69) is 36.5 Å². The molecule has 16 heavy (non-hydrogen) atoms. The predicted molar refractivity (Wildman–Crippen MR) is 66.8 cm³/mol. The van der Waals surface area contributed by atoms with Gasteiger partial charge in [-0.2, -0.15) is 0 Å². The summed E-state index contributed by atoms with van der Waals surface area (Å²) in [5, 5.41) is 2.94. The number of hydrogen-bond donors (Lipinski definition) is 1. The Morgan fingerprint density at radius 1 is 1.44 bits per heavy atom. The van der Waals surface area contributed by atoms with Crippen LogP contribution in [0.4, 0.5) is 0 Å². The highest BCUT2D eigenvalue weighted by Crippen LogP contribution is 2.19. The maximum absolute atomic E-state index is 11.3. The third kappa shape index (κ3) is 3.87. The maximum atomic E-state index is 11.3. The summed E-state index contributed by atoms with van der Waals surface area (Å²) >= 11 is 1.64. The van der Waals surface area contributed by atoms with Crippen molar-refractivity contribution in [3.05, 3.63) is 29.8 Å². The molecule has 0 fully saturated rings.